The second kappa shape index (κ2) is 9.00. The Bertz CT molecular complexity index is 905. The van der Waals surface area contributed by atoms with Crippen molar-refractivity contribution in [1.29, 1.82) is 0 Å². The molecular weight excluding hydrogens is 376 g/mol. The van der Waals surface area contributed by atoms with Crippen molar-refractivity contribution in [1.82, 2.24) is 20.2 Å². The van der Waals surface area contributed by atoms with Crippen molar-refractivity contribution in [3.8, 4) is 0 Å². The Morgan fingerprint density at radius 1 is 1.28 bits per heavy atom. The van der Waals surface area contributed by atoms with Gasteiger partial charge >= 0.3 is 5.97 Å². The van der Waals surface area contributed by atoms with E-state index in [0.717, 1.165) is 5.56 Å². The molecule has 10 heteroatoms. The van der Waals surface area contributed by atoms with Gasteiger partial charge in [0.1, 0.15) is 6.04 Å². The fourth-order valence-corrected chi connectivity index (χ4v) is 3.01. The maximum absolute atomic E-state index is 12.4. The van der Waals surface area contributed by atoms with Crippen LogP contribution < -0.4 is 16.0 Å². The molecule has 1 aromatic carbocycles. The average Bonchev–Trinajstić information content (AvgIpc) is 2.82. The molecule has 0 saturated carbocycles. The lowest BCUT2D eigenvalue weighted by Crippen LogP contribution is -2.39. The first-order valence-corrected chi connectivity index (χ1v) is 9.09. The lowest BCUT2D eigenvalue weighted by Gasteiger charge is -2.19. The smallest absolute Gasteiger partial charge is 0.305 e. The van der Waals surface area contributed by atoms with Crippen LogP contribution in [-0.4, -0.2) is 63.9 Å². The largest absolute Gasteiger partial charge is 0.481 e. The van der Waals surface area contributed by atoms with Gasteiger partial charge in [0.25, 0.3) is 5.91 Å². The number of carboxylic acids is 1. The summed E-state index contributed by atoms with van der Waals surface area (Å²) in [5.41, 5.74) is 1.85. The summed E-state index contributed by atoms with van der Waals surface area (Å²) >= 11 is 0. The van der Waals surface area contributed by atoms with Gasteiger partial charge in [0.15, 0.2) is 0 Å². The van der Waals surface area contributed by atoms with Gasteiger partial charge in [0.05, 0.1) is 6.42 Å². The minimum Gasteiger partial charge on any atom is -0.481 e. The number of benzene rings is 1. The maximum atomic E-state index is 12.4. The number of hydrogen-bond acceptors (Lipinski definition) is 7. The predicted octanol–water partition coefficient (Wildman–Crippen LogP) is 0.546. The summed E-state index contributed by atoms with van der Waals surface area (Å²) in [5.74, 6) is -1.12. The Balaban J connectivity index is 1.62. The van der Waals surface area contributed by atoms with Crippen LogP contribution in [0.4, 0.5) is 11.6 Å². The molecule has 152 valence electrons. The summed E-state index contributed by atoms with van der Waals surface area (Å²) < 4.78 is 0. The van der Waals surface area contributed by atoms with Gasteiger partial charge in [0, 0.05) is 50.3 Å². The molecule has 0 aliphatic carbocycles. The first kappa shape index (κ1) is 20.1. The van der Waals surface area contributed by atoms with E-state index < -0.39 is 12.0 Å². The van der Waals surface area contributed by atoms with Crippen LogP contribution in [0.25, 0.3) is 0 Å². The normalized spacial score (nSPS) is 15.7. The molecule has 2 aromatic rings. The minimum absolute atomic E-state index is 0.246. The van der Waals surface area contributed by atoms with Crippen molar-refractivity contribution in [2.75, 3.05) is 30.8 Å². The monoisotopic (exact) mass is 398 g/mol. The summed E-state index contributed by atoms with van der Waals surface area (Å²) in [6, 6.07) is 5.92. The molecule has 0 fully saturated rings. The summed E-state index contributed by atoms with van der Waals surface area (Å²) in [6.45, 7) is 1.13. The minimum atomic E-state index is -1.06. The number of anilines is 2. The van der Waals surface area contributed by atoms with Gasteiger partial charge in [-0.25, -0.2) is 9.97 Å². The van der Waals surface area contributed by atoms with Crippen LogP contribution in [0.5, 0.6) is 0 Å². The fraction of sp³-hybridized carbons (Fsp3) is 0.316. The molecule has 29 heavy (non-hydrogen) atoms. The molecule has 2 heterocycles. The Kier molecular flexibility index (Phi) is 6.22. The van der Waals surface area contributed by atoms with Gasteiger partial charge < -0.3 is 26.0 Å². The Labute approximate surface area is 167 Å². The number of aliphatic carboxylic acids is 1. The SMILES string of the molecule is CN1Cc2cc(C(=O)NCCNc3ncccn3)ccc2N[C@@H](CC(=O)O)C1=O. The number of fused-ring (bicyclic) bond motifs is 1. The van der Waals surface area contributed by atoms with Gasteiger partial charge in [-0.2, -0.15) is 0 Å². The number of carboxylic acid groups (broad SMARTS) is 1. The second-order valence-corrected chi connectivity index (χ2v) is 6.62. The van der Waals surface area contributed by atoms with Crippen LogP contribution in [0.1, 0.15) is 22.3 Å². The van der Waals surface area contributed by atoms with Crippen LogP contribution in [0.15, 0.2) is 36.7 Å². The van der Waals surface area contributed by atoms with E-state index in [0.29, 0.717) is 30.3 Å². The number of rotatable bonds is 7. The van der Waals surface area contributed by atoms with E-state index in [2.05, 4.69) is 25.9 Å². The molecular formula is C19H22N6O4. The Hall–Kier alpha value is -3.69. The molecule has 0 bridgehead atoms. The van der Waals surface area contributed by atoms with E-state index in [-0.39, 0.29) is 24.8 Å². The van der Waals surface area contributed by atoms with E-state index in [4.69, 9.17) is 5.11 Å². The molecule has 0 spiro atoms. The summed E-state index contributed by atoms with van der Waals surface area (Å²) in [6.07, 6.45) is 2.93. The molecule has 2 amide bonds. The highest BCUT2D eigenvalue weighted by molar-refractivity contribution is 5.95. The third-order valence-corrected chi connectivity index (χ3v) is 4.42. The lowest BCUT2D eigenvalue weighted by molar-refractivity contribution is -0.141. The van der Waals surface area contributed by atoms with Crippen molar-refractivity contribution < 1.29 is 19.5 Å². The average molecular weight is 398 g/mol. The van der Waals surface area contributed by atoms with E-state index >= 15 is 0 Å². The maximum Gasteiger partial charge on any atom is 0.305 e. The number of nitrogens with one attached hydrogen (secondary N) is 3. The fourth-order valence-electron chi connectivity index (χ4n) is 3.01. The zero-order valence-electron chi connectivity index (χ0n) is 15.9. The number of amides is 2. The van der Waals surface area contributed by atoms with Gasteiger partial charge in [-0.05, 0) is 29.8 Å². The molecule has 4 N–H and O–H groups in total. The van der Waals surface area contributed by atoms with Crippen LogP contribution in [-0.2, 0) is 16.1 Å². The molecule has 1 atom stereocenters. The predicted molar refractivity (Wildman–Crippen MR) is 105 cm³/mol. The second-order valence-electron chi connectivity index (χ2n) is 6.62. The van der Waals surface area contributed by atoms with Gasteiger partial charge in [-0.3, -0.25) is 14.4 Å². The summed E-state index contributed by atoms with van der Waals surface area (Å²) in [5, 5.41) is 17.8. The van der Waals surface area contributed by atoms with Crippen molar-refractivity contribution in [3.63, 3.8) is 0 Å². The highest BCUT2D eigenvalue weighted by Crippen LogP contribution is 2.24. The van der Waals surface area contributed by atoms with Crippen LogP contribution in [0.3, 0.4) is 0 Å². The number of nitrogens with zero attached hydrogens (tertiary/aromatic N) is 3. The van der Waals surface area contributed by atoms with Crippen LogP contribution in [0, 0.1) is 0 Å². The summed E-state index contributed by atoms with van der Waals surface area (Å²) in [4.78, 5) is 45.4. The number of likely N-dealkylation sites (N-methyl/N-ethyl adjacent to an activating group) is 1. The molecule has 3 rings (SSSR count). The van der Waals surface area contributed by atoms with Crippen LogP contribution in [0.2, 0.25) is 0 Å². The quantitative estimate of drug-likeness (QED) is 0.496. The van der Waals surface area contributed by atoms with E-state index in [1.807, 2.05) is 0 Å². The van der Waals surface area contributed by atoms with E-state index in [1.165, 1.54) is 4.90 Å². The first-order chi connectivity index (χ1) is 13.9. The molecule has 10 nitrogen and oxygen atoms in total. The highest BCUT2D eigenvalue weighted by atomic mass is 16.4. The molecule has 1 aliphatic heterocycles. The molecule has 0 saturated heterocycles. The molecule has 1 aromatic heterocycles. The highest BCUT2D eigenvalue weighted by Gasteiger charge is 2.29. The number of aromatic nitrogens is 2. The first-order valence-electron chi connectivity index (χ1n) is 9.09. The zero-order chi connectivity index (χ0) is 20.8. The zero-order valence-corrected chi connectivity index (χ0v) is 15.9. The number of carbonyl (C=O) groups excluding carboxylic acids is 2. The third-order valence-electron chi connectivity index (χ3n) is 4.42. The lowest BCUT2D eigenvalue weighted by atomic mass is 10.1. The Morgan fingerprint density at radius 3 is 2.76 bits per heavy atom. The van der Waals surface area contributed by atoms with Crippen molar-refractivity contribution in [2.24, 2.45) is 0 Å². The standard InChI is InChI=1S/C19H22N6O4/c1-25-11-13-9-12(3-4-14(13)24-15(18(25)29)10-16(26)27)17(28)20-7-8-23-19-21-5-2-6-22-19/h2-6,9,15,24H,7-8,10-11H2,1H3,(H,20,28)(H,26,27)(H,21,22,23)/t15-/m0/s1. The third kappa shape index (κ3) is 5.18. The molecule has 0 unspecified atom stereocenters. The van der Waals surface area contributed by atoms with Crippen molar-refractivity contribution in [3.05, 3.63) is 47.8 Å². The van der Waals surface area contributed by atoms with E-state index in [9.17, 15) is 14.4 Å². The van der Waals surface area contributed by atoms with Gasteiger partial charge in [0.2, 0.25) is 11.9 Å². The van der Waals surface area contributed by atoms with Crippen molar-refractivity contribution >= 4 is 29.4 Å². The van der Waals surface area contributed by atoms with Crippen LogP contribution >= 0.6 is 0 Å². The van der Waals surface area contributed by atoms with E-state index in [1.54, 1.807) is 43.7 Å². The van der Waals surface area contributed by atoms with Gasteiger partial charge in [-0.15, -0.1) is 0 Å². The topological polar surface area (TPSA) is 137 Å². The number of carbonyl (C=O) groups is 3. The summed E-state index contributed by atoms with van der Waals surface area (Å²) in [7, 11) is 1.61. The Morgan fingerprint density at radius 2 is 2.03 bits per heavy atom. The van der Waals surface area contributed by atoms with Gasteiger partial charge in [-0.1, -0.05) is 0 Å². The molecule has 1 aliphatic rings. The van der Waals surface area contributed by atoms with Crippen molar-refractivity contribution in [2.45, 2.75) is 19.0 Å². The molecule has 0 radical (unpaired) electrons. The number of hydrogen-bond donors (Lipinski definition) is 4.